The fourth-order valence-corrected chi connectivity index (χ4v) is 2.79. The van der Waals surface area contributed by atoms with Gasteiger partial charge < -0.3 is 14.6 Å². The maximum Gasteiger partial charge on any atom is 0.289 e. The monoisotopic (exact) mass is 334 g/mol. The van der Waals surface area contributed by atoms with Crippen molar-refractivity contribution in [2.75, 3.05) is 19.6 Å². The molecule has 2 aromatic rings. The zero-order valence-electron chi connectivity index (χ0n) is 13.5. The molecule has 1 aromatic carbocycles. The summed E-state index contributed by atoms with van der Waals surface area (Å²) in [6, 6.07) is 12.2. The van der Waals surface area contributed by atoms with Crippen LogP contribution in [-0.2, 0) is 6.42 Å². The third kappa shape index (κ3) is 3.95. The molecule has 1 fully saturated rings. The van der Waals surface area contributed by atoms with Gasteiger partial charge in [-0.2, -0.15) is 0 Å². The predicted octanol–water partition coefficient (Wildman–Crippen LogP) is 3.36. The molecule has 124 valence electrons. The number of nitrogens with zero attached hydrogens (tertiary/aromatic N) is 1. The minimum absolute atomic E-state index is 0. The quantitative estimate of drug-likeness (QED) is 0.936. The summed E-state index contributed by atoms with van der Waals surface area (Å²) in [5.41, 5.74) is 2.30. The van der Waals surface area contributed by atoms with Gasteiger partial charge in [0.15, 0.2) is 5.76 Å². The maximum atomic E-state index is 12.5. The lowest BCUT2D eigenvalue weighted by Gasteiger charge is -2.31. The van der Waals surface area contributed by atoms with Gasteiger partial charge in [0.05, 0.1) is 0 Å². The van der Waals surface area contributed by atoms with Crippen molar-refractivity contribution in [1.29, 1.82) is 0 Å². The van der Waals surface area contributed by atoms with Gasteiger partial charge in [0, 0.05) is 31.2 Å². The zero-order chi connectivity index (χ0) is 15.5. The number of furan rings is 1. The number of piperazine rings is 1. The molecule has 4 nitrogen and oxygen atoms in total. The summed E-state index contributed by atoms with van der Waals surface area (Å²) in [5, 5.41) is 3.34. The van der Waals surface area contributed by atoms with Crippen LogP contribution in [0.2, 0.25) is 0 Å². The highest BCUT2D eigenvalue weighted by Crippen LogP contribution is 2.23. The van der Waals surface area contributed by atoms with Crippen LogP contribution in [0.4, 0.5) is 0 Å². The first-order chi connectivity index (χ1) is 10.7. The minimum atomic E-state index is -0.0234. The standard InChI is InChI=1S/C18H22N2O2.ClH/c1-3-14-4-6-15(7-5-14)16-8-9-17(22-16)18(21)20-11-10-19-13(2)12-20;/h4-9,13,19H,3,10-12H2,1-2H3;1H. The van der Waals surface area contributed by atoms with Crippen LogP contribution in [0.25, 0.3) is 11.3 Å². The highest BCUT2D eigenvalue weighted by molar-refractivity contribution is 5.92. The van der Waals surface area contributed by atoms with Crippen molar-refractivity contribution in [2.45, 2.75) is 26.3 Å². The Kier molecular flexibility index (Phi) is 5.85. The average Bonchev–Trinajstić information content (AvgIpc) is 3.04. The molecule has 1 amide bonds. The molecule has 0 bridgehead atoms. The molecule has 1 N–H and O–H groups in total. The lowest BCUT2D eigenvalue weighted by Crippen LogP contribution is -2.51. The number of hydrogen-bond donors (Lipinski definition) is 1. The molecule has 0 aliphatic carbocycles. The van der Waals surface area contributed by atoms with E-state index in [1.54, 1.807) is 6.07 Å². The Balaban J connectivity index is 0.00000192. The number of hydrogen-bond acceptors (Lipinski definition) is 3. The van der Waals surface area contributed by atoms with E-state index in [4.69, 9.17) is 4.42 Å². The van der Waals surface area contributed by atoms with Crippen LogP contribution in [0.15, 0.2) is 40.8 Å². The van der Waals surface area contributed by atoms with Crippen LogP contribution < -0.4 is 5.32 Å². The van der Waals surface area contributed by atoms with Crippen molar-refractivity contribution < 1.29 is 9.21 Å². The van der Waals surface area contributed by atoms with Gasteiger partial charge in [-0.1, -0.05) is 31.2 Å². The second-order valence-electron chi connectivity index (χ2n) is 5.82. The number of amides is 1. The maximum absolute atomic E-state index is 12.5. The van der Waals surface area contributed by atoms with E-state index in [2.05, 4.69) is 31.3 Å². The van der Waals surface area contributed by atoms with E-state index in [0.717, 1.165) is 37.4 Å². The van der Waals surface area contributed by atoms with Gasteiger partial charge >= 0.3 is 0 Å². The molecule has 0 saturated carbocycles. The van der Waals surface area contributed by atoms with Crippen LogP contribution in [0.5, 0.6) is 0 Å². The Labute approximate surface area is 143 Å². The van der Waals surface area contributed by atoms with Gasteiger partial charge in [-0.05, 0) is 31.0 Å². The number of benzene rings is 1. The van der Waals surface area contributed by atoms with Gasteiger partial charge in [-0.15, -0.1) is 12.4 Å². The normalized spacial score (nSPS) is 17.7. The van der Waals surface area contributed by atoms with Crippen LogP contribution >= 0.6 is 12.4 Å². The van der Waals surface area contributed by atoms with Crippen LogP contribution in [0.1, 0.15) is 30.0 Å². The summed E-state index contributed by atoms with van der Waals surface area (Å²) < 4.78 is 5.78. The SMILES string of the molecule is CCc1ccc(-c2ccc(C(=O)N3CCNC(C)C3)o2)cc1.Cl. The number of nitrogens with one attached hydrogen (secondary N) is 1. The van der Waals surface area contributed by atoms with Gasteiger partial charge in [0.25, 0.3) is 5.91 Å². The fraction of sp³-hybridized carbons (Fsp3) is 0.389. The number of carbonyl (C=O) groups is 1. The zero-order valence-corrected chi connectivity index (χ0v) is 14.4. The third-order valence-electron chi connectivity index (χ3n) is 4.12. The van der Waals surface area contributed by atoms with Gasteiger partial charge in [0.1, 0.15) is 5.76 Å². The number of rotatable bonds is 3. The van der Waals surface area contributed by atoms with Crippen LogP contribution in [-0.4, -0.2) is 36.5 Å². The molecular weight excluding hydrogens is 312 g/mol. The van der Waals surface area contributed by atoms with E-state index >= 15 is 0 Å². The topological polar surface area (TPSA) is 45.5 Å². The Morgan fingerprint density at radius 3 is 2.65 bits per heavy atom. The summed E-state index contributed by atoms with van der Waals surface area (Å²) in [5.74, 6) is 1.14. The van der Waals surface area contributed by atoms with Gasteiger partial charge in [-0.25, -0.2) is 0 Å². The summed E-state index contributed by atoms with van der Waals surface area (Å²) in [6.45, 7) is 6.50. The van der Waals surface area contributed by atoms with E-state index in [0.29, 0.717) is 11.8 Å². The van der Waals surface area contributed by atoms with Crippen molar-refractivity contribution in [3.8, 4) is 11.3 Å². The van der Waals surface area contributed by atoms with E-state index in [1.165, 1.54) is 5.56 Å². The number of halogens is 1. The third-order valence-corrected chi connectivity index (χ3v) is 4.12. The van der Waals surface area contributed by atoms with Crippen molar-refractivity contribution in [1.82, 2.24) is 10.2 Å². The molecule has 23 heavy (non-hydrogen) atoms. The fourth-order valence-electron chi connectivity index (χ4n) is 2.79. The summed E-state index contributed by atoms with van der Waals surface area (Å²) in [7, 11) is 0. The molecule has 0 spiro atoms. The van der Waals surface area contributed by atoms with Crippen LogP contribution in [0.3, 0.4) is 0 Å². The predicted molar refractivity (Wildman–Crippen MR) is 94.1 cm³/mol. The molecule has 1 saturated heterocycles. The molecule has 1 aliphatic rings. The number of aryl methyl sites for hydroxylation is 1. The second-order valence-corrected chi connectivity index (χ2v) is 5.82. The molecular formula is C18H23ClN2O2. The molecule has 5 heteroatoms. The molecule has 1 aliphatic heterocycles. The Morgan fingerprint density at radius 1 is 1.26 bits per heavy atom. The second kappa shape index (κ2) is 7.66. The minimum Gasteiger partial charge on any atom is -0.451 e. The van der Waals surface area contributed by atoms with Gasteiger partial charge in [0.2, 0.25) is 0 Å². The van der Waals surface area contributed by atoms with Crippen molar-refractivity contribution in [3.05, 3.63) is 47.7 Å². The van der Waals surface area contributed by atoms with Crippen molar-refractivity contribution in [2.24, 2.45) is 0 Å². The van der Waals surface area contributed by atoms with E-state index < -0.39 is 0 Å². The first-order valence-electron chi connectivity index (χ1n) is 7.89. The highest BCUT2D eigenvalue weighted by atomic mass is 35.5. The largest absolute Gasteiger partial charge is 0.451 e. The molecule has 1 atom stereocenters. The Hall–Kier alpha value is -1.78. The van der Waals surface area contributed by atoms with Crippen LogP contribution in [0, 0.1) is 0 Å². The highest BCUT2D eigenvalue weighted by Gasteiger charge is 2.24. The van der Waals surface area contributed by atoms with E-state index in [-0.39, 0.29) is 18.3 Å². The van der Waals surface area contributed by atoms with E-state index in [9.17, 15) is 4.79 Å². The smallest absolute Gasteiger partial charge is 0.289 e. The summed E-state index contributed by atoms with van der Waals surface area (Å²) >= 11 is 0. The summed E-state index contributed by atoms with van der Waals surface area (Å²) in [4.78, 5) is 14.3. The molecule has 1 aromatic heterocycles. The average molecular weight is 335 g/mol. The number of carbonyl (C=O) groups excluding carboxylic acids is 1. The molecule has 2 heterocycles. The summed E-state index contributed by atoms with van der Waals surface area (Å²) in [6.07, 6.45) is 1.02. The van der Waals surface area contributed by atoms with Crippen molar-refractivity contribution >= 4 is 18.3 Å². The Morgan fingerprint density at radius 2 is 2.00 bits per heavy atom. The molecule has 1 unspecified atom stereocenters. The first-order valence-corrected chi connectivity index (χ1v) is 7.89. The van der Waals surface area contributed by atoms with Crippen molar-refractivity contribution in [3.63, 3.8) is 0 Å². The Bertz CT molecular complexity index is 651. The molecule has 0 radical (unpaired) electrons. The van der Waals surface area contributed by atoms with E-state index in [1.807, 2.05) is 23.1 Å². The lowest BCUT2D eigenvalue weighted by molar-refractivity contribution is 0.0678. The van der Waals surface area contributed by atoms with Gasteiger partial charge in [-0.3, -0.25) is 4.79 Å². The molecule has 3 rings (SSSR count). The first kappa shape index (κ1) is 17.6. The lowest BCUT2D eigenvalue weighted by atomic mass is 10.1.